The van der Waals surface area contributed by atoms with Crippen molar-refractivity contribution in [2.24, 2.45) is 0 Å². The SMILES string of the molecule is C[C@@H](OC(=O)/C=C/c1ccc(F)cc1)C(=O)Nc1ccc2c(c1)OCO2. The normalized spacial score (nSPS) is 13.5. The van der Waals surface area contributed by atoms with Crippen molar-refractivity contribution in [3.8, 4) is 11.5 Å². The van der Waals surface area contributed by atoms with E-state index in [0.717, 1.165) is 0 Å². The Labute approximate surface area is 149 Å². The molecule has 0 aliphatic carbocycles. The smallest absolute Gasteiger partial charge is 0.331 e. The number of nitrogens with one attached hydrogen (secondary N) is 1. The minimum atomic E-state index is -0.995. The van der Waals surface area contributed by atoms with E-state index >= 15 is 0 Å². The van der Waals surface area contributed by atoms with E-state index in [1.54, 1.807) is 18.2 Å². The highest BCUT2D eigenvalue weighted by molar-refractivity contribution is 5.96. The topological polar surface area (TPSA) is 73.9 Å². The van der Waals surface area contributed by atoms with Crippen molar-refractivity contribution < 1.29 is 28.2 Å². The molecule has 0 radical (unpaired) electrons. The Hall–Kier alpha value is -3.35. The highest BCUT2D eigenvalue weighted by atomic mass is 19.1. The average molecular weight is 357 g/mol. The van der Waals surface area contributed by atoms with Crippen molar-refractivity contribution in [2.75, 3.05) is 12.1 Å². The molecule has 1 amide bonds. The zero-order valence-corrected chi connectivity index (χ0v) is 13.9. The van der Waals surface area contributed by atoms with Gasteiger partial charge in [0.25, 0.3) is 5.91 Å². The van der Waals surface area contributed by atoms with Gasteiger partial charge in [0, 0.05) is 17.8 Å². The van der Waals surface area contributed by atoms with Crippen LogP contribution < -0.4 is 14.8 Å². The summed E-state index contributed by atoms with van der Waals surface area (Å²) in [5, 5.41) is 2.64. The average Bonchev–Trinajstić information content (AvgIpc) is 3.09. The van der Waals surface area contributed by atoms with Gasteiger partial charge >= 0.3 is 5.97 Å². The monoisotopic (exact) mass is 357 g/mol. The molecule has 1 aliphatic heterocycles. The molecular weight excluding hydrogens is 341 g/mol. The molecule has 0 saturated heterocycles. The van der Waals surface area contributed by atoms with Gasteiger partial charge in [-0.25, -0.2) is 9.18 Å². The Morgan fingerprint density at radius 2 is 1.88 bits per heavy atom. The van der Waals surface area contributed by atoms with E-state index < -0.39 is 18.0 Å². The van der Waals surface area contributed by atoms with Crippen LogP contribution in [0.15, 0.2) is 48.5 Å². The first-order chi connectivity index (χ1) is 12.5. The minimum Gasteiger partial charge on any atom is -0.454 e. The Bertz CT molecular complexity index is 848. The van der Waals surface area contributed by atoms with Crippen molar-refractivity contribution >= 4 is 23.6 Å². The van der Waals surface area contributed by atoms with Crippen LogP contribution in [0, 0.1) is 5.82 Å². The molecule has 0 fully saturated rings. The van der Waals surface area contributed by atoms with Gasteiger partial charge in [0.1, 0.15) is 5.82 Å². The van der Waals surface area contributed by atoms with Crippen molar-refractivity contribution in [3.63, 3.8) is 0 Å². The van der Waals surface area contributed by atoms with Crippen molar-refractivity contribution in [1.29, 1.82) is 0 Å². The number of hydrogen-bond acceptors (Lipinski definition) is 5. The summed E-state index contributed by atoms with van der Waals surface area (Å²) in [5.41, 5.74) is 1.14. The molecule has 6 nitrogen and oxygen atoms in total. The second kappa shape index (κ2) is 7.69. The molecule has 0 saturated carbocycles. The fourth-order valence-electron chi connectivity index (χ4n) is 2.22. The van der Waals surface area contributed by atoms with Crippen LogP contribution in [0.1, 0.15) is 12.5 Å². The molecule has 1 aliphatic rings. The summed E-state index contributed by atoms with van der Waals surface area (Å²) in [5.74, 6) is -0.378. The number of carbonyl (C=O) groups excluding carboxylic acids is 2. The number of hydrogen-bond donors (Lipinski definition) is 1. The largest absolute Gasteiger partial charge is 0.454 e. The van der Waals surface area contributed by atoms with Gasteiger partial charge in [-0.15, -0.1) is 0 Å². The lowest BCUT2D eigenvalue weighted by atomic mass is 10.2. The molecule has 0 spiro atoms. The van der Waals surface area contributed by atoms with Crippen LogP contribution >= 0.6 is 0 Å². The molecule has 0 aromatic heterocycles. The maximum Gasteiger partial charge on any atom is 0.331 e. The van der Waals surface area contributed by atoms with Gasteiger partial charge in [-0.1, -0.05) is 12.1 Å². The summed E-state index contributed by atoms with van der Waals surface area (Å²) >= 11 is 0. The summed E-state index contributed by atoms with van der Waals surface area (Å²) < 4.78 is 28.3. The number of fused-ring (bicyclic) bond motifs is 1. The molecule has 26 heavy (non-hydrogen) atoms. The summed E-state index contributed by atoms with van der Waals surface area (Å²) in [6, 6.07) is 10.6. The first-order valence-corrected chi connectivity index (χ1v) is 7.86. The molecule has 1 heterocycles. The van der Waals surface area contributed by atoms with Crippen LogP contribution in [0.5, 0.6) is 11.5 Å². The van der Waals surface area contributed by atoms with Crippen molar-refractivity contribution in [3.05, 3.63) is 59.9 Å². The molecule has 1 atom stereocenters. The van der Waals surface area contributed by atoms with Gasteiger partial charge in [-0.3, -0.25) is 4.79 Å². The number of rotatable bonds is 5. The first kappa shape index (κ1) is 17.5. The lowest BCUT2D eigenvalue weighted by Crippen LogP contribution is -2.29. The lowest BCUT2D eigenvalue weighted by molar-refractivity contribution is -0.148. The number of carbonyl (C=O) groups is 2. The zero-order chi connectivity index (χ0) is 18.5. The first-order valence-electron chi connectivity index (χ1n) is 7.86. The highest BCUT2D eigenvalue weighted by Gasteiger charge is 2.19. The summed E-state index contributed by atoms with van der Waals surface area (Å²) in [7, 11) is 0. The van der Waals surface area contributed by atoms with Gasteiger partial charge in [-0.05, 0) is 42.8 Å². The second-order valence-corrected chi connectivity index (χ2v) is 5.52. The Balaban J connectivity index is 1.53. The van der Waals surface area contributed by atoms with Gasteiger partial charge in [0.2, 0.25) is 6.79 Å². The molecule has 3 rings (SSSR count). The zero-order valence-electron chi connectivity index (χ0n) is 13.9. The van der Waals surface area contributed by atoms with E-state index in [4.69, 9.17) is 14.2 Å². The van der Waals surface area contributed by atoms with Crippen LogP contribution in [0.25, 0.3) is 6.08 Å². The van der Waals surface area contributed by atoms with E-state index in [1.165, 1.54) is 43.3 Å². The fraction of sp³-hybridized carbons (Fsp3) is 0.158. The van der Waals surface area contributed by atoms with Crippen molar-refractivity contribution in [2.45, 2.75) is 13.0 Å². The summed E-state index contributed by atoms with van der Waals surface area (Å²) in [6.45, 7) is 1.60. The molecule has 2 aromatic carbocycles. The molecule has 7 heteroatoms. The third-order valence-corrected chi connectivity index (χ3v) is 3.58. The predicted octanol–water partition coefficient (Wildman–Crippen LogP) is 3.14. The quantitative estimate of drug-likeness (QED) is 0.657. The van der Waals surface area contributed by atoms with Crippen LogP contribution in [-0.4, -0.2) is 24.8 Å². The molecule has 0 bridgehead atoms. The van der Waals surface area contributed by atoms with Crippen LogP contribution in [-0.2, 0) is 14.3 Å². The van der Waals surface area contributed by atoms with Gasteiger partial charge in [0.05, 0.1) is 0 Å². The summed E-state index contributed by atoms with van der Waals surface area (Å²) in [6.07, 6.45) is 1.66. The number of ether oxygens (including phenoxy) is 3. The highest BCUT2D eigenvalue weighted by Crippen LogP contribution is 2.34. The maximum atomic E-state index is 12.8. The number of amides is 1. The third kappa shape index (κ3) is 4.38. The van der Waals surface area contributed by atoms with E-state index in [9.17, 15) is 14.0 Å². The van der Waals surface area contributed by atoms with E-state index in [2.05, 4.69) is 5.32 Å². The number of benzene rings is 2. The second-order valence-electron chi connectivity index (χ2n) is 5.52. The number of anilines is 1. The Kier molecular flexibility index (Phi) is 5.17. The molecule has 0 unspecified atom stereocenters. The van der Waals surface area contributed by atoms with E-state index in [0.29, 0.717) is 22.7 Å². The molecular formula is C19H16FNO5. The van der Waals surface area contributed by atoms with Crippen LogP contribution in [0.3, 0.4) is 0 Å². The molecule has 1 N–H and O–H groups in total. The van der Waals surface area contributed by atoms with Gasteiger partial charge in [-0.2, -0.15) is 0 Å². The van der Waals surface area contributed by atoms with Crippen molar-refractivity contribution in [1.82, 2.24) is 0 Å². The Morgan fingerprint density at radius 1 is 1.15 bits per heavy atom. The van der Waals surface area contributed by atoms with E-state index in [1.807, 2.05) is 0 Å². The maximum absolute atomic E-state index is 12.8. The van der Waals surface area contributed by atoms with Gasteiger partial charge < -0.3 is 19.5 Å². The fourth-order valence-corrected chi connectivity index (χ4v) is 2.22. The molecule has 134 valence electrons. The number of halogens is 1. The lowest BCUT2D eigenvalue weighted by Gasteiger charge is -2.12. The number of esters is 1. The standard InChI is InChI=1S/C19H16FNO5/c1-12(26-18(22)9-4-13-2-5-14(20)6-3-13)19(23)21-15-7-8-16-17(10-15)25-11-24-16/h2-10,12H,11H2,1H3,(H,21,23)/b9-4+/t12-/m1/s1. The third-order valence-electron chi connectivity index (χ3n) is 3.58. The minimum absolute atomic E-state index is 0.140. The summed E-state index contributed by atoms with van der Waals surface area (Å²) in [4.78, 5) is 23.9. The Morgan fingerprint density at radius 3 is 2.65 bits per heavy atom. The molecule has 2 aromatic rings. The van der Waals surface area contributed by atoms with Crippen LogP contribution in [0.2, 0.25) is 0 Å². The van der Waals surface area contributed by atoms with Gasteiger partial charge in [0.15, 0.2) is 17.6 Å². The van der Waals surface area contributed by atoms with Crippen LogP contribution in [0.4, 0.5) is 10.1 Å². The van der Waals surface area contributed by atoms with E-state index in [-0.39, 0.29) is 12.6 Å². The predicted molar refractivity (Wildman–Crippen MR) is 92.2 cm³/mol.